The second kappa shape index (κ2) is 11.5. The molecule has 2 aromatic rings. The van der Waals surface area contributed by atoms with Crippen LogP contribution in [0.2, 0.25) is 0 Å². The maximum Gasteiger partial charge on any atom is 0.407 e. The first-order valence-electron chi connectivity index (χ1n) is 11.6. The summed E-state index contributed by atoms with van der Waals surface area (Å²) in [5.74, 6) is -0.149. The third-order valence-electron chi connectivity index (χ3n) is 5.34. The largest absolute Gasteiger partial charge is 0.449 e. The number of para-hydroxylation sites is 1. The molecule has 180 valence electrons. The average Bonchev–Trinajstić information content (AvgIpc) is 2.95. The molecule has 7 nitrogen and oxygen atoms in total. The first-order valence-corrected chi connectivity index (χ1v) is 11.6. The summed E-state index contributed by atoms with van der Waals surface area (Å²) in [4.78, 5) is 30.8. The van der Waals surface area contributed by atoms with E-state index in [2.05, 4.69) is 51.9 Å². The van der Waals surface area contributed by atoms with Crippen LogP contribution in [0.4, 0.5) is 10.5 Å². The van der Waals surface area contributed by atoms with Gasteiger partial charge in [0.15, 0.2) is 0 Å². The van der Waals surface area contributed by atoms with Gasteiger partial charge in [0.2, 0.25) is 0 Å². The van der Waals surface area contributed by atoms with Crippen LogP contribution in [-0.2, 0) is 4.74 Å². The molecule has 2 aromatic carbocycles. The number of nitrogens with zero attached hydrogens (tertiary/aromatic N) is 2. The number of alkyl carbamates (subject to hydrolysis) is 1. The summed E-state index contributed by atoms with van der Waals surface area (Å²) in [6.07, 6.45) is 6.23. The van der Waals surface area contributed by atoms with Crippen LogP contribution in [0.25, 0.3) is 6.08 Å². The molecule has 0 fully saturated rings. The fraction of sp³-hybridized carbons (Fsp3) is 0.370. The molecule has 0 bridgehead atoms. The number of nitrogens with one attached hydrogen (secondary N) is 2. The fourth-order valence-corrected chi connectivity index (χ4v) is 3.52. The van der Waals surface area contributed by atoms with Crippen molar-refractivity contribution in [2.75, 3.05) is 31.6 Å². The third kappa shape index (κ3) is 7.47. The zero-order chi connectivity index (χ0) is 24.6. The van der Waals surface area contributed by atoms with Crippen molar-refractivity contribution in [1.82, 2.24) is 10.6 Å². The molecule has 34 heavy (non-hydrogen) atoms. The second-order valence-corrected chi connectivity index (χ2v) is 9.33. The molecule has 2 amide bonds. The first kappa shape index (κ1) is 25.0. The summed E-state index contributed by atoms with van der Waals surface area (Å²) < 4.78 is 5.11. The minimum absolute atomic E-state index is 0.149. The Morgan fingerprint density at radius 1 is 1.15 bits per heavy atom. The van der Waals surface area contributed by atoms with E-state index >= 15 is 0 Å². The SMILES string of the molecule is CN1c2ccccc2C=NCC1C=Cc1ccc(C(=O)NCCCOC(=O)NC(C)(C)C)cc1. The minimum Gasteiger partial charge on any atom is -0.449 e. The van der Waals surface area contributed by atoms with Gasteiger partial charge in [0, 0.05) is 42.2 Å². The number of anilines is 1. The molecule has 3 rings (SSSR count). The van der Waals surface area contributed by atoms with E-state index < -0.39 is 6.09 Å². The van der Waals surface area contributed by atoms with Gasteiger partial charge in [-0.15, -0.1) is 0 Å². The molecule has 1 unspecified atom stereocenters. The van der Waals surface area contributed by atoms with Gasteiger partial charge in [-0.2, -0.15) is 0 Å². The number of benzodiazepines with no additional fused rings is 1. The van der Waals surface area contributed by atoms with E-state index in [4.69, 9.17) is 4.74 Å². The molecule has 1 aliphatic heterocycles. The Kier molecular flexibility index (Phi) is 8.46. The summed E-state index contributed by atoms with van der Waals surface area (Å²) in [5.41, 5.74) is 3.55. The quantitative estimate of drug-likeness (QED) is 0.602. The smallest absolute Gasteiger partial charge is 0.407 e. The van der Waals surface area contributed by atoms with Crippen LogP contribution in [-0.4, -0.2) is 56.5 Å². The molecule has 0 radical (unpaired) electrons. The van der Waals surface area contributed by atoms with Crippen molar-refractivity contribution in [3.63, 3.8) is 0 Å². The highest BCUT2D eigenvalue weighted by molar-refractivity contribution is 5.94. The van der Waals surface area contributed by atoms with Crippen molar-refractivity contribution in [2.45, 2.75) is 38.8 Å². The van der Waals surface area contributed by atoms with E-state index in [-0.39, 0.29) is 24.1 Å². The van der Waals surface area contributed by atoms with Crippen molar-refractivity contribution in [1.29, 1.82) is 0 Å². The highest BCUT2D eigenvalue weighted by Crippen LogP contribution is 2.23. The van der Waals surface area contributed by atoms with Gasteiger partial charge in [-0.3, -0.25) is 9.79 Å². The zero-order valence-electron chi connectivity index (χ0n) is 20.4. The van der Waals surface area contributed by atoms with Gasteiger partial charge in [-0.25, -0.2) is 4.79 Å². The number of amides is 2. The van der Waals surface area contributed by atoms with Gasteiger partial charge in [0.25, 0.3) is 5.91 Å². The fourth-order valence-electron chi connectivity index (χ4n) is 3.52. The zero-order valence-corrected chi connectivity index (χ0v) is 20.4. The van der Waals surface area contributed by atoms with Gasteiger partial charge in [0.1, 0.15) is 0 Å². The Hall–Kier alpha value is -3.61. The van der Waals surface area contributed by atoms with Crippen LogP contribution in [0, 0.1) is 0 Å². The predicted molar refractivity (Wildman–Crippen MR) is 138 cm³/mol. The lowest BCUT2D eigenvalue weighted by Gasteiger charge is -2.26. The number of ether oxygens (including phenoxy) is 1. The molecular formula is C27H34N4O3. The maximum absolute atomic E-state index is 12.4. The minimum atomic E-state index is -0.450. The molecule has 1 heterocycles. The lowest BCUT2D eigenvalue weighted by Crippen LogP contribution is -2.41. The van der Waals surface area contributed by atoms with E-state index in [1.54, 1.807) is 0 Å². The Morgan fingerprint density at radius 2 is 1.88 bits per heavy atom. The average molecular weight is 463 g/mol. The number of hydrogen-bond donors (Lipinski definition) is 2. The normalized spacial score (nSPS) is 15.5. The number of carbonyl (C=O) groups excluding carboxylic acids is 2. The van der Waals surface area contributed by atoms with Crippen LogP contribution >= 0.6 is 0 Å². The van der Waals surface area contributed by atoms with Crippen molar-refractivity contribution in [2.24, 2.45) is 4.99 Å². The topological polar surface area (TPSA) is 83.0 Å². The first-order chi connectivity index (χ1) is 16.2. The Bertz CT molecular complexity index is 1040. The molecule has 2 N–H and O–H groups in total. The van der Waals surface area contributed by atoms with Gasteiger partial charge in [0.05, 0.1) is 19.2 Å². The molecule has 0 saturated heterocycles. The van der Waals surface area contributed by atoms with Gasteiger partial charge in [-0.1, -0.05) is 42.5 Å². The lowest BCUT2D eigenvalue weighted by molar-refractivity contribution is 0.0949. The summed E-state index contributed by atoms with van der Waals surface area (Å²) in [6.45, 7) is 7.02. The molecule has 1 aliphatic rings. The Morgan fingerprint density at radius 3 is 2.62 bits per heavy atom. The highest BCUT2D eigenvalue weighted by Gasteiger charge is 2.17. The lowest BCUT2D eigenvalue weighted by atomic mass is 10.1. The molecule has 1 atom stereocenters. The summed E-state index contributed by atoms with van der Waals surface area (Å²) in [5, 5.41) is 5.58. The Balaban J connectivity index is 1.46. The van der Waals surface area contributed by atoms with Crippen LogP contribution in [0.5, 0.6) is 0 Å². The van der Waals surface area contributed by atoms with Gasteiger partial charge >= 0.3 is 6.09 Å². The van der Waals surface area contributed by atoms with Gasteiger partial charge < -0.3 is 20.3 Å². The molecule has 0 spiro atoms. The van der Waals surface area contributed by atoms with Crippen LogP contribution in [0.15, 0.2) is 59.6 Å². The van der Waals surface area contributed by atoms with Crippen LogP contribution < -0.4 is 15.5 Å². The van der Waals surface area contributed by atoms with E-state index in [0.717, 1.165) is 16.8 Å². The second-order valence-electron chi connectivity index (χ2n) is 9.33. The van der Waals surface area contributed by atoms with E-state index in [0.29, 0.717) is 25.1 Å². The van der Waals surface area contributed by atoms with E-state index in [1.807, 2.05) is 63.4 Å². The molecular weight excluding hydrogens is 428 g/mol. The monoisotopic (exact) mass is 462 g/mol. The molecule has 0 saturated carbocycles. The van der Waals surface area contributed by atoms with Crippen LogP contribution in [0.1, 0.15) is 48.7 Å². The number of likely N-dealkylation sites (N-methyl/N-ethyl adjacent to an activating group) is 1. The number of carbonyl (C=O) groups is 2. The van der Waals surface area contributed by atoms with Crippen molar-refractivity contribution in [3.05, 3.63) is 71.3 Å². The summed E-state index contributed by atoms with van der Waals surface area (Å²) in [6, 6.07) is 15.9. The summed E-state index contributed by atoms with van der Waals surface area (Å²) in [7, 11) is 2.08. The van der Waals surface area contributed by atoms with Gasteiger partial charge in [-0.05, 0) is 51.0 Å². The molecule has 0 aliphatic carbocycles. The predicted octanol–water partition coefficient (Wildman–Crippen LogP) is 4.28. The number of fused-ring (bicyclic) bond motifs is 1. The van der Waals surface area contributed by atoms with E-state index in [9.17, 15) is 9.59 Å². The van der Waals surface area contributed by atoms with Crippen molar-refractivity contribution < 1.29 is 14.3 Å². The van der Waals surface area contributed by atoms with Crippen molar-refractivity contribution in [3.8, 4) is 0 Å². The molecule has 7 heteroatoms. The number of benzene rings is 2. The number of hydrogen-bond acceptors (Lipinski definition) is 5. The number of rotatable bonds is 7. The van der Waals surface area contributed by atoms with E-state index in [1.165, 1.54) is 0 Å². The standard InChI is InChI=1S/C27H34N4O3/c1-27(2,3)30-26(33)34-17-7-16-29-25(32)21-13-10-20(11-14-21)12-15-23-19-28-18-22-8-5-6-9-24(22)31(23)4/h5-6,8-15,18,23H,7,16-17,19H2,1-4H3,(H,29,32)(H,30,33). The number of aliphatic imine (C=N–C) groups is 1. The van der Waals surface area contributed by atoms with Crippen LogP contribution in [0.3, 0.4) is 0 Å². The highest BCUT2D eigenvalue weighted by atomic mass is 16.5. The third-order valence-corrected chi connectivity index (χ3v) is 5.34. The molecule has 0 aromatic heterocycles. The maximum atomic E-state index is 12.4. The Labute approximate surface area is 201 Å². The van der Waals surface area contributed by atoms with Crippen molar-refractivity contribution >= 4 is 30.0 Å². The summed E-state index contributed by atoms with van der Waals surface area (Å²) >= 11 is 0.